The number of fused-ring (bicyclic) bond motifs is 1. The first-order valence-electron chi connectivity index (χ1n) is 4.59. The van der Waals surface area contributed by atoms with Crippen molar-refractivity contribution >= 4 is 22.7 Å². The van der Waals surface area contributed by atoms with Crippen LogP contribution < -0.4 is 0 Å². The average Bonchev–Trinajstić information content (AvgIpc) is 2.27. The largest absolute Gasteiger partial charge is 0.478 e. The van der Waals surface area contributed by atoms with Gasteiger partial charge in [-0.3, -0.25) is 0 Å². The first-order chi connectivity index (χ1) is 7.61. The standard InChI is InChI=1S/C12H8O4.Ru/c13-11(14)9-5-1-3-7-8(9)4-2-6-10(7)12(15)16;/h1-6H,(H,13,14)(H,15,16);. The number of hydrogen-bond donors (Lipinski definition) is 2. The molecule has 0 aliphatic heterocycles. The summed E-state index contributed by atoms with van der Waals surface area (Å²) in [5.41, 5.74) is 0.223. The second-order valence-electron chi connectivity index (χ2n) is 3.32. The second-order valence-corrected chi connectivity index (χ2v) is 3.32. The van der Waals surface area contributed by atoms with Gasteiger partial charge in [-0.2, -0.15) is 0 Å². The van der Waals surface area contributed by atoms with Gasteiger partial charge < -0.3 is 10.2 Å². The molecule has 0 unspecified atom stereocenters. The fourth-order valence-corrected chi connectivity index (χ4v) is 1.68. The smallest absolute Gasteiger partial charge is 0.336 e. The van der Waals surface area contributed by atoms with Gasteiger partial charge in [0.25, 0.3) is 0 Å². The maximum atomic E-state index is 10.9. The predicted molar refractivity (Wildman–Crippen MR) is 57.9 cm³/mol. The fraction of sp³-hybridized carbons (Fsp3) is 0. The van der Waals surface area contributed by atoms with E-state index in [1.807, 2.05) is 0 Å². The topological polar surface area (TPSA) is 74.6 Å². The molecule has 0 saturated carbocycles. The molecule has 0 amide bonds. The summed E-state index contributed by atoms with van der Waals surface area (Å²) in [6.45, 7) is 0. The zero-order valence-electron chi connectivity index (χ0n) is 8.53. The van der Waals surface area contributed by atoms with Gasteiger partial charge in [0.2, 0.25) is 0 Å². The summed E-state index contributed by atoms with van der Waals surface area (Å²) in [6.07, 6.45) is 0. The van der Waals surface area contributed by atoms with Gasteiger partial charge in [-0.05, 0) is 22.9 Å². The Morgan fingerprint density at radius 1 is 0.765 bits per heavy atom. The van der Waals surface area contributed by atoms with Gasteiger partial charge in [0.1, 0.15) is 0 Å². The minimum Gasteiger partial charge on any atom is -0.478 e. The van der Waals surface area contributed by atoms with Gasteiger partial charge in [0.15, 0.2) is 0 Å². The predicted octanol–water partition coefficient (Wildman–Crippen LogP) is 2.23. The SMILES string of the molecule is O=C(O)c1cccc2c(C(=O)O)cccc12.[Ru]. The Hall–Kier alpha value is -1.74. The molecule has 4 nitrogen and oxygen atoms in total. The molecular formula is C12H8O4Ru. The van der Waals surface area contributed by atoms with Crippen LogP contribution >= 0.6 is 0 Å². The number of benzene rings is 2. The molecule has 0 aromatic heterocycles. The quantitative estimate of drug-likeness (QED) is 0.833. The van der Waals surface area contributed by atoms with Crippen LogP contribution in [0.2, 0.25) is 0 Å². The molecule has 0 aliphatic carbocycles. The van der Waals surface area contributed by atoms with Crippen molar-refractivity contribution in [2.24, 2.45) is 0 Å². The summed E-state index contributed by atoms with van der Waals surface area (Å²) in [6, 6.07) is 9.19. The minimum atomic E-state index is -1.06. The number of aromatic carboxylic acids is 2. The minimum absolute atomic E-state index is 0. The van der Waals surface area contributed by atoms with Crippen LogP contribution in [0.4, 0.5) is 0 Å². The van der Waals surface area contributed by atoms with Crippen molar-refractivity contribution in [3.8, 4) is 0 Å². The molecule has 2 rings (SSSR count). The first kappa shape index (κ1) is 13.3. The Morgan fingerprint density at radius 3 is 1.41 bits per heavy atom. The van der Waals surface area contributed by atoms with Crippen LogP contribution in [0, 0.1) is 0 Å². The third-order valence-corrected chi connectivity index (χ3v) is 2.38. The van der Waals surface area contributed by atoms with Crippen molar-refractivity contribution < 1.29 is 39.3 Å². The summed E-state index contributed by atoms with van der Waals surface area (Å²) < 4.78 is 0. The summed E-state index contributed by atoms with van der Waals surface area (Å²) >= 11 is 0. The molecule has 0 radical (unpaired) electrons. The van der Waals surface area contributed by atoms with E-state index >= 15 is 0 Å². The van der Waals surface area contributed by atoms with E-state index in [9.17, 15) is 9.59 Å². The summed E-state index contributed by atoms with van der Waals surface area (Å²) in [7, 11) is 0. The second kappa shape index (κ2) is 5.06. The maximum absolute atomic E-state index is 10.9. The molecular weight excluding hydrogens is 309 g/mol. The van der Waals surface area contributed by atoms with Gasteiger partial charge in [-0.25, -0.2) is 9.59 Å². The zero-order chi connectivity index (χ0) is 11.7. The number of carbonyl (C=O) groups is 2. The van der Waals surface area contributed by atoms with E-state index in [1.165, 1.54) is 24.3 Å². The van der Waals surface area contributed by atoms with E-state index < -0.39 is 11.9 Å². The van der Waals surface area contributed by atoms with Crippen LogP contribution in [0.3, 0.4) is 0 Å². The monoisotopic (exact) mass is 318 g/mol. The molecule has 2 N–H and O–H groups in total. The van der Waals surface area contributed by atoms with Crippen LogP contribution in [0.15, 0.2) is 36.4 Å². The van der Waals surface area contributed by atoms with Crippen molar-refractivity contribution in [3.05, 3.63) is 47.5 Å². The molecule has 0 fully saturated rings. The third-order valence-electron chi connectivity index (χ3n) is 2.38. The van der Waals surface area contributed by atoms with Gasteiger partial charge in [0, 0.05) is 19.5 Å². The number of carboxylic acid groups (broad SMARTS) is 2. The van der Waals surface area contributed by atoms with Crippen molar-refractivity contribution in [2.45, 2.75) is 0 Å². The molecule has 5 heteroatoms. The third kappa shape index (κ3) is 2.34. The normalized spacial score (nSPS) is 9.65. The fourth-order valence-electron chi connectivity index (χ4n) is 1.68. The van der Waals surface area contributed by atoms with Gasteiger partial charge in [0.05, 0.1) is 11.1 Å². The first-order valence-corrected chi connectivity index (χ1v) is 4.59. The molecule has 0 spiro atoms. The molecule has 0 aliphatic rings. The Labute approximate surface area is 110 Å². The van der Waals surface area contributed by atoms with Gasteiger partial charge in [-0.1, -0.05) is 24.3 Å². The van der Waals surface area contributed by atoms with Crippen molar-refractivity contribution in [2.75, 3.05) is 0 Å². The molecule has 17 heavy (non-hydrogen) atoms. The maximum Gasteiger partial charge on any atom is 0.336 e. The van der Waals surface area contributed by atoms with Gasteiger partial charge >= 0.3 is 11.9 Å². The molecule has 0 bridgehead atoms. The number of rotatable bonds is 2. The Kier molecular flexibility index (Phi) is 3.97. The molecule has 2 aromatic rings. The van der Waals surface area contributed by atoms with Gasteiger partial charge in [-0.15, -0.1) is 0 Å². The van der Waals surface area contributed by atoms with Crippen LogP contribution in [-0.4, -0.2) is 22.2 Å². The van der Waals surface area contributed by atoms with Crippen LogP contribution in [-0.2, 0) is 19.5 Å². The van der Waals surface area contributed by atoms with Crippen LogP contribution in [0.25, 0.3) is 10.8 Å². The number of hydrogen-bond acceptors (Lipinski definition) is 2. The number of carboxylic acids is 2. The Bertz CT molecular complexity index is 539. The molecule has 2 aromatic carbocycles. The van der Waals surface area contributed by atoms with E-state index in [-0.39, 0.29) is 30.6 Å². The van der Waals surface area contributed by atoms with Crippen molar-refractivity contribution in [1.29, 1.82) is 0 Å². The summed E-state index contributed by atoms with van der Waals surface area (Å²) in [4.78, 5) is 21.9. The summed E-state index contributed by atoms with van der Waals surface area (Å²) in [5, 5.41) is 18.8. The Balaban J connectivity index is 0.00000144. The van der Waals surface area contributed by atoms with Crippen LogP contribution in [0.1, 0.15) is 20.7 Å². The van der Waals surface area contributed by atoms with E-state index in [0.717, 1.165) is 0 Å². The molecule has 0 heterocycles. The van der Waals surface area contributed by atoms with Crippen molar-refractivity contribution in [3.63, 3.8) is 0 Å². The Morgan fingerprint density at radius 2 is 1.12 bits per heavy atom. The van der Waals surface area contributed by atoms with E-state index in [4.69, 9.17) is 10.2 Å². The van der Waals surface area contributed by atoms with E-state index in [1.54, 1.807) is 12.1 Å². The molecule has 88 valence electrons. The van der Waals surface area contributed by atoms with Crippen molar-refractivity contribution in [1.82, 2.24) is 0 Å². The molecule has 0 saturated heterocycles. The zero-order valence-corrected chi connectivity index (χ0v) is 10.3. The summed E-state index contributed by atoms with van der Waals surface area (Å²) in [5.74, 6) is -2.12. The van der Waals surface area contributed by atoms with E-state index in [2.05, 4.69) is 0 Å². The molecule has 0 atom stereocenters. The average molecular weight is 317 g/mol. The van der Waals surface area contributed by atoms with E-state index in [0.29, 0.717) is 10.8 Å². The van der Waals surface area contributed by atoms with Crippen LogP contribution in [0.5, 0.6) is 0 Å².